The summed E-state index contributed by atoms with van der Waals surface area (Å²) in [5.41, 5.74) is 2.47. The average molecular weight is 293 g/mol. The van der Waals surface area contributed by atoms with Crippen LogP contribution in [-0.4, -0.2) is 5.91 Å². The summed E-state index contributed by atoms with van der Waals surface area (Å²) in [5.74, 6) is -0.175. The number of carbonyl (C=O) groups excluding carboxylic acids is 1. The monoisotopic (exact) mass is 293 g/mol. The number of halogens is 3. The lowest BCUT2D eigenvalue weighted by atomic mass is 9.92. The predicted molar refractivity (Wildman–Crippen MR) is 78.4 cm³/mol. The van der Waals surface area contributed by atoms with E-state index in [2.05, 4.69) is 5.32 Å². The Labute approximate surface area is 120 Å². The Hall–Kier alpha value is -2.30. The molecule has 21 heavy (non-hydrogen) atoms. The van der Waals surface area contributed by atoms with Crippen molar-refractivity contribution in [3.8, 4) is 0 Å². The molecule has 1 heterocycles. The molecule has 1 amide bonds. The fourth-order valence-electron chi connectivity index (χ4n) is 2.50. The van der Waals surface area contributed by atoms with Gasteiger partial charge in [-0.15, -0.1) is 0 Å². The van der Waals surface area contributed by atoms with Crippen molar-refractivity contribution < 1.29 is 18.0 Å². The zero-order valence-corrected chi connectivity index (χ0v) is 11.2. The molecule has 2 nitrogen and oxygen atoms in total. The standard InChI is InChI=1S/C16H14F3NO/c17-7-4-11-10-12(5-8-18)16-14(13(11)6-9-19)2-1-3-15(21)20-16/h4-10H,1-3H2,(H,20,21). The number of amides is 1. The smallest absolute Gasteiger partial charge is 0.224 e. The first-order chi connectivity index (χ1) is 10.2. The Bertz CT molecular complexity index is 633. The lowest BCUT2D eigenvalue weighted by Crippen LogP contribution is -2.11. The van der Waals surface area contributed by atoms with E-state index in [0.717, 1.165) is 0 Å². The highest BCUT2D eigenvalue weighted by molar-refractivity contribution is 5.96. The van der Waals surface area contributed by atoms with Gasteiger partial charge in [-0.2, -0.15) is 0 Å². The Kier molecular flexibility index (Phi) is 4.98. The van der Waals surface area contributed by atoms with E-state index in [0.29, 0.717) is 66.2 Å². The lowest BCUT2D eigenvalue weighted by Gasteiger charge is -2.16. The Balaban J connectivity index is 2.75. The van der Waals surface area contributed by atoms with Crippen LogP contribution in [0.2, 0.25) is 0 Å². The number of hydrogen-bond donors (Lipinski definition) is 1. The van der Waals surface area contributed by atoms with Crippen LogP contribution in [0.15, 0.2) is 25.1 Å². The summed E-state index contributed by atoms with van der Waals surface area (Å²) in [6.45, 7) is 0. The van der Waals surface area contributed by atoms with E-state index < -0.39 is 0 Å². The third-order valence-corrected chi connectivity index (χ3v) is 3.35. The van der Waals surface area contributed by atoms with Crippen LogP contribution in [0, 0.1) is 0 Å². The molecule has 0 aliphatic carbocycles. The summed E-state index contributed by atoms with van der Waals surface area (Å²) < 4.78 is 37.7. The predicted octanol–water partition coefficient (Wildman–Crippen LogP) is 4.78. The molecule has 1 aromatic rings. The molecule has 0 saturated heterocycles. The van der Waals surface area contributed by atoms with Gasteiger partial charge in [-0.3, -0.25) is 4.79 Å². The fourth-order valence-corrected chi connectivity index (χ4v) is 2.50. The van der Waals surface area contributed by atoms with E-state index in [1.807, 2.05) is 0 Å². The van der Waals surface area contributed by atoms with Crippen LogP contribution in [0.3, 0.4) is 0 Å². The van der Waals surface area contributed by atoms with Crippen molar-refractivity contribution in [1.29, 1.82) is 0 Å². The molecule has 1 aliphatic rings. The second-order valence-corrected chi connectivity index (χ2v) is 4.60. The number of fused-ring (bicyclic) bond motifs is 1. The van der Waals surface area contributed by atoms with E-state index in [4.69, 9.17) is 0 Å². The maximum absolute atomic E-state index is 12.6. The van der Waals surface area contributed by atoms with Crippen LogP contribution in [0.4, 0.5) is 18.9 Å². The van der Waals surface area contributed by atoms with Crippen LogP contribution >= 0.6 is 0 Å². The minimum atomic E-state index is -0.175. The summed E-state index contributed by atoms with van der Waals surface area (Å²) in [6, 6.07) is 1.51. The van der Waals surface area contributed by atoms with Crippen molar-refractivity contribution in [2.75, 3.05) is 5.32 Å². The zero-order chi connectivity index (χ0) is 15.2. The molecule has 0 unspecified atom stereocenters. The first-order valence-corrected chi connectivity index (χ1v) is 6.51. The molecule has 0 saturated carbocycles. The van der Waals surface area contributed by atoms with Gasteiger partial charge < -0.3 is 5.32 Å². The van der Waals surface area contributed by atoms with Crippen LogP contribution in [0.25, 0.3) is 18.2 Å². The highest BCUT2D eigenvalue weighted by Crippen LogP contribution is 2.34. The number of rotatable bonds is 3. The van der Waals surface area contributed by atoms with Crippen molar-refractivity contribution >= 4 is 29.8 Å². The lowest BCUT2D eigenvalue weighted by molar-refractivity contribution is -0.116. The van der Waals surface area contributed by atoms with Crippen LogP contribution in [0.5, 0.6) is 0 Å². The van der Waals surface area contributed by atoms with Gasteiger partial charge in [0.1, 0.15) is 0 Å². The minimum Gasteiger partial charge on any atom is -0.325 e. The van der Waals surface area contributed by atoms with Crippen LogP contribution in [0.1, 0.15) is 35.1 Å². The second kappa shape index (κ2) is 6.92. The summed E-state index contributed by atoms with van der Waals surface area (Å²) >= 11 is 0. The van der Waals surface area contributed by atoms with Crippen LogP contribution in [-0.2, 0) is 11.2 Å². The first kappa shape index (κ1) is 15.1. The van der Waals surface area contributed by atoms with Gasteiger partial charge in [0, 0.05) is 12.0 Å². The van der Waals surface area contributed by atoms with Gasteiger partial charge in [0.15, 0.2) is 0 Å². The van der Waals surface area contributed by atoms with Gasteiger partial charge in [-0.05, 0) is 53.8 Å². The van der Waals surface area contributed by atoms with Gasteiger partial charge in [0.25, 0.3) is 0 Å². The average Bonchev–Trinajstić information content (AvgIpc) is 2.65. The largest absolute Gasteiger partial charge is 0.325 e. The SMILES string of the molecule is O=C1CCCc2c(C=CF)c(C=CF)cc(C=CF)c2N1. The maximum Gasteiger partial charge on any atom is 0.224 e. The molecule has 0 aromatic heterocycles. The molecule has 1 N–H and O–H groups in total. The molecule has 110 valence electrons. The Morgan fingerprint density at radius 3 is 2.29 bits per heavy atom. The van der Waals surface area contributed by atoms with Gasteiger partial charge >= 0.3 is 0 Å². The molecule has 0 atom stereocenters. The molecule has 0 fully saturated rings. The summed E-state index contributed by atoms with van der Waals surface area (Å²) in [4.78, 5) is 11.7. The third kappa shape index (κ3) is 3.24. The molecule has 1 aromatic carbocycles. The molecule has 0 radical (unpaired) electrons. The first-order valence-electron chi connectivity index (χ1n) is 6.51. The van der Waals surface area contributed by atoms with E-state index >= 15 is 0 Å². The number of anilines is 1. The quantitative estimate of drug-likeness (QED) is 0.853. The van der Waals surface area contributed by atoms with Gasteiger partial charge in [-0.1, -0.05) is 0 Å². The van der Waals surface area contributed by atoms with Gasteiger partial charge in [0.2, 0.25) is 5.91 Å². The number of carbonyl (C=O) groups is 1. The van der Waals surface area contributed by atoms with Gasteiger partial charge in [0.05, 0.1) is 24.7 Å². The maximum atomic E-state index is 12.6. The summed E-state index contributed by atoms with van der Waals surface area (Å²) in [6.07, 6.45) is 6.08. The Morgan fingerprint density at radius 2 is 1.62 bits per heavy atom. The van der Waals surface area contributed by atoms with Crippen molar-refractivity contribution in [3.05, 3.63) is 47.3 Å². The second-order valence-electron chi connectivity index (χ2n) is 4.60. The molecule has 0 spiro atoms. The Morgan fingerprint density at radius 1 is 0.952 bits per heavy atom. The van der Waals surface area contributed by atoms with Crippen molar-refractivity contribution in [2.45, 2.75) is 19.3 Å². The third-order valence-electron chi connectivity index (χ3n) is 3.35. The molecule has 2 rings (SSSR count). The molecular formula is C16H14F3NO. The minimum absolute atomic E-state index is 0.175. The summed E-state index contributed by atoms with van der Waals surface area (Å²) in [5, 5.41) is 2.71. The summed E-state index contributed by atoms with van der Waals surface area (Å²) in [7, 11) is 0. The zero-order valence-electron chi connectivity index (χ0n) is 11.2. The van der Waals surface area contributed by atoms with E-state index in [1.165, 1.54) is 24.3 Å². The number of hydrogen-bond acceptors (Lipinski definition) is 1. The normalized spacial score (nSPS) is 15.7. The highest BCUT2D eigenvalue weighted by atomic mass is 19.1. The molecular weight excluding hydrogens is 279 g/mol. The van der Waals surface area contributed by atoms with Crippen molar-refractivity contribution in [2.24, 2.45) is 0 Å². The molecule has 5 heteroatoms. The highest BCUT2D eigenvalue weighted by Gasteiger charge is 2.19. The molecule has 1 aliphatic heterocycles. The van der Waals surface area contributed by atoms with E-state index in [1.54, 1.807) is 0 Å². The van der Waals surface area contributed by atoms with E-state index in [-0.39, 0.29) is 5.91 Å². The number of nitrogens with one attached hydrogen (secondary N) is 1. The van der Waals surface area contributed by atoms with Gasteiger partial charge in [-0.25, -0.2) is 13.2 Å². The van der Waals surface area contributed by atoms with Crippen molar-refractivity contribution in [3.63, 3.8) is 0 Å². The fraction of sp³-hybridized carbons (Fsp3) is 0.188. The van der Waals surface area contributed by atoms with E-state index in [9.17, 15) is 18.0 Å². The van der Waals surface area contributed by atoms with Crippen LogP contribution < -0.4 is 5.32 Å². The molecule has 0 bridgehead atoms. The topological polar surface area (TPSA) is 29.1 Å². The number of benzene rings is 1. The van der Waals surface area contributed by atoms with Crippen molar-refractivity contribution in [1.82, 2.24) is 0 Å².